The Morgan fingerprint density at radius 1 is 1.26 bits per heavy atom. The van der Waals surface area contributed by atoms with Crippen molar-refractivity contribution >= 4 is 23.6 Å². The van der Waals surface area contributed by atoms with Gasteiger partial charge in [-0.25, -0.2) is 0 Å². The van der Waals surface area contributed by atoms with Gasteiger partial charge in [-0.3, -0.25) is 9.79 Å². The van der Waals surface area contributed by atoms with Gasteiger partial charge >= 0.3 is 0 Å². The first-order valence-electron chi connectivity index (χ1n) is 8.84. The molecule has 0 aromatic carbocycles. The first kappa shape index (κ1) is 18.4. The van der Waals surface area contributed by atoms with E-state index < -0.39 is 0 Å². The summed E-state index contributed by atoms with van der Waals surface area (Å²) in [7, 11) is 0. The van der Waals surface area contributed by atoms with E-state index >= 15 is 0 Å². The number of carbonyl (C=O) groups is 1. The second kappa shape index (κ2) is 8.27. The maximum Gasteiger partial charge on any atom is 0.219 e. The van der Waals surface area contributed by atoms with Gasteiger partial charge in [0.25, 0.3) is 0 Å². The molecule has 2 aliphatic heterocycles. The van der Waals surface area contributed by atoms with E-state index in [0.717, 1.165) is 63.8 Å². The van der Waals surface area contributed by atoms with Crippen LogP contribution in [0.15, 0.2) is 4.99 Å². The molecule has 1 amide bonds. The minimum absolute atomic E-state index is 0.202. The van der Waals surface area contributed by atoms with Crippen molar-refractivity contribution in [1.82, 2.24) is 15.1 Å². The fourth-order valence-electron chi connectivity index (χ4n) is 3.27. The summed E-state index contributed by atoms with van der Waals surface area (Å²) in [6.07, 6.45) is 2.15. The van der Waals surface area contributed by atoms with E-state index in [-0.39, 0.29) is 5.91 Å². The first-order chi connectivity index (χ1) is 10.9. The zero-order chi connectivity index (χ0) is 16.9. The molecular weight excluding hydrogens is 308 g/mol. The Labute approximate surface area is 145 Å². The molecule has 0 radical (unpaired) electrons. The fourth-order valence-corrected chi connectivity index (χ4v) is 4.38. The number of guanidine groups is 1. The molecule has 0 unspecified atom stereocenters. The van der Waals surface area contributed by atoms with Gasteiger partial charge in [-0.05, 0) is 39.5 Å². The molecule has 0 bridgehead atoms. The lowest BCUT2D eigenvalue weighted by molar-refractivity contribution is -0.130. The molecule has 2 fully saturated rings. The number of nitrogens with zero attached hydrogens (tertiary/aromatic N) is 3. The van der Waals surface area contributed by atoms with Gasteiger partial charge in [-0.15, -0.1) is 0 Å². The molecule has 0 spiro atoms. The highest BCUT2D eigenvalue weighted by Crippen LogP contribution is 2.29. The van der Waals surface area contributed by atoms with Gasteiger partial charge in [0.15, 0.2) is 5.96 Å². The Hall–Kier alpha value is -0.910. The molecule has 2 rings (SSSR count). The lowest BCUT2D eigenvalue weighted by atomic mass is 9.97. The van der Waals surface area contributed by atoms with Crippen LogP contribution < -0.4 is 5.32 Å². The van der Waals surface area contributed by atoms with Gasteiger partial charge in [0, 0.05) is 56.7 Å². The fraction of sp³-hybridized carbons (Fsp3) is 0.882. The minimum Gasteiger partial charge on any atom is -0.357 e. The number of piperidine rings is 1. The van der Waals surface area contributed by atoms with Crippen molar-refractivity contribution in [3.63, 3.8) is 0 Å². The van der Waals surface area contributed by atoms with Crippen molar-refractivity contribution in [2.24, 2.45) is 10.9 Å². The summed E-state index contributed by atoms with van der Waals surface area (Å²) in [4.78, 5) is 20.7. The van der Waals surface area contributed by atoms with Crippen molar-refractivity contribution in [3.05, 3.63) is 0 Å². The summed E-state index contributed by atoms with van der Waals surface area (Å²) in [5.74, 6) is 3.03. The van der Waals surface area contributed by atoms with E-state index in [9.17, 15) is 4.79 Å². The van der Waals surface area contributed by atoms with Crippen LogP contribution in [0.1, 0.15) is 40.5 Å². The second-order valence-electron chi connectivity index (χ2n) is 7.17. The van der Waals surface area contributed by atoms with Crippen LogP contribution in [0.2, 0.25) is 0 Å². The SMILES string of the molecule is CCNC(=NCC1CCN(C(C)=O)CC1)N1CCSC(C)(C)C1. The molecule has 2 aliphatic rings. The molecule has 0 saturated carbocycles. The van der Waals surface area contributed by atoms with E-state index in [1.807, 2.05) is 16.7 Å². The highest BCUT2D eigenvalue weighted by atomic mass is 32.2. The number of aliphatic imine (C=N–C) groups is 1. The van der Waals surface area contributed by atoms with Gasteiger partial charge in [-0.1, -0.05) is 0 Å². The molecule has 0 aromatic rings. The molecule has 5 nitrogen and oxygen atoms in total. The number of likely N-dealkylation sites (tertiary alicyclic amines) is 1. The third-order valence-electron chi connectivity index (χ3n) is 4.62. The molecule has 132 valence electrons. The van der Waals surface area contributed by atoms with E-state index in [4.69, 9.17) is 4.99 Å². The van der Waals surface area contributed by atoms with Crippen molar-refractivity contribution in [2.75, 3.05) is 45.0 Å². The van der Waals surface area contributed by atoms with Crippen molar-refractivity contribution in [1.29, 1.82) is 0 Å². The lowest BCUT2D eigenvalue weighted by Crippen LogP contribution is -2.51. The molecule has 1 N–H and O–H groups in total. The molecule has 2 heterocycles. The highest BCUT2D eigenvalue weighted by Gasteiger charge is 2.29. The maximum absolute atomic E-state index is 11.4. The Bertz CT molecular complexity index is 430. The van der Waals surface area contributed by atoms with Gasteiger partial charge in [0.05, 0.1) is 0 Å². The monoisotopic (exact) mass is 340 g/mol. The average Bonchev–Trinajstić information content (AvgIpc) is 2.50. The summed E-state index contributed by atoms with van der Waals surface area (Å²) in [5.41, 5.74) is 0. The molecule has 6 heteroatoms. The molecule has 23 heavy (non-hydrogen) atoms. The number of hydrogen-bond acceptors (Lipinski definition) is 3. The van der Waals surface area contributed by atoms with Crippen molar-refractivity contribution in [3.8, 4) is 0 Å². The standard InChI is InChI=1S/C17H32N4OS/c1-5-18-16(21-10-11-23-17(3,4)13-21)19-12-15-6-8-20(9-7-15)14(2)22/h15H,5-13H2,1-4H3,(H,18,19). The average molecular weight is 341 g/mol. The second-order valence-corrected chi connectivity index (χ2v) is 8.98. The van der Waals surface area contributed by atoms with Crippen LogP contribution in [0, 0.1) is 5.92 Å². The van der Waals surface area contributed by atoms with Crippen LogP contribution in [0.3, 0.4) is 0 Å². The number of hydrogen-bond donors (Lipinski definition) is 1. The van der Waals surface area contributed by atoms with E-state index in [1.54, 1.807) is 6.92 Å². The number of amides is 1. The van der Waals surface area contributed by atoms with Crippen LogP contribution >= 0.6 is 11.8 Å². The predicted octanol–water partition coefficient (Wildman–Crippen LogP) is 2.04. The van der Waals surface area contributed by atoms with Crippen LogP contribution in [-0.2, 0) is 4.79 Å². The minimum atomic E-state index is 0.202. The Morgan fingerprint density at radius 2 is 1.96 bits per heavy atom. The Balaban J connectivity index is 1.90. The Morgan fingerprint density at radius 3 is 2.52 bits per heavy atom. The number of thioether (sulfide) groups is 1. The number of rotatable bonds is 3. The summed E-state index contributed by atoms with van der Waals surface area (Å²) in [5, 5.41) is 3.46. The zero-order valence-electron chi connectivity index (χ0n) is 15.1. The van der Waals surface area contributed by atoms with Crippen LogP contribution in [0.5, 0.6) is 0 Å². The Kier molecular flexibility index (Phi) is 6.62. The molecule has 0 aromatic heterocycles. The summed E-state index contributed by atoms with van der Waals surface area (Å²) in [6.45, 7) is 14.1. The van der Waals surface area contributed by atoms with Crippen molar-refractivity contribution in [2.45, 2.75) is 45.3 Å². The third kappa shape index (κ3) is 5.59. The molecular formula is C17H32N4OS. The zero-order valence-corrected chi connectivity index (χ0v) is 15.9. The van der Waals surface area contributed by atoms with Crippen LogP contribution in [0.25, 0.3) is 0 Å². The molecule has 0 aliphatic carbocycles. The topological polar surface area (TPSA) is 47.9 Å². The number of nitrogens with one attached hydrogen (secondary N) is 1. The highest BCUT2D eigenvalue weighted by molar-refractivity contribution is 8.00. The van der Waals surface area contributed by atoms with Crippen molar-refractivity contribution < 1.29 is 4.79 Å². The van der Waals surface area contributed by atoms with E-state index in [0.29, 0.717) is 10.7 Å². The maximum atomic E-state index is 11.4. The van der Waals surface area contributed by atoms with Crippen LogP contribution in [0.4, 0.5) is 0 Å². The third-order valence-corrected chi connectivity index (χ3v) is 5.92. The van der Waals surface area contributed by atoms with E-state index in [2.05, 4.69) is 31.0 Å². The van der Waals surface area contributed by atoms with Gasteiger partial charge < -0.3 is 15.1 Å². The van der Waals surface area contributed by atoms with E-state index in [1.165, 1.54) is 0 Å². The van der Waals surface area contributed by atoms with Gasteiger partial charge in [0.2, 0.25) is 5.91 Å². The van der Waals surface area contributed by atoms with Gasteiger partial charge in [0.1, 0.15) is 0 Å². The lowest BCUT2D eigenvalue weighted by Gasteiger charge is -2.39. The summed E-state index contributed by atoms with van der Waals surface area (Å²) >= 11 is 2.05. The molecule has 2 saturated heterocycles. The molecule has 0 atom stereocenters. The smallest absolute Gasteiger partial charge is 0.219 e. The quantitative estimate of drug-likeness (QED) is 0.631. The summed E-state index contributed by atoms with van der Waals surface area (Å²) < 4.78 is 0.293. The predicted molar refractivity (Wildman–Crippen MR) is 99.1 cm³/mol. The number of carbonyl (C=O) groups excluding carboxylic acids is 1. The normalized spacial score (nSPS) is 23.0. The largest absolute Gasteiger partial charge is 0.357 e. The summed E-state index contributed by atoms with van der Waals surface area (Å²) in [6, 6.07) is 0. The van der Waals surface area contributed by atoms with Crippen LogP contribution in [-0.4, -0.2) is 71.4 Å². The van der Waals surface area contributed by atoms with Gasteiger partial charge in [-0.2, -0.15) is 11.8 Å². The first-order valence-corrected chi connectivity index (χ1v) is 9.82.